The Morgan fingerprint density at radius 3 is 2.14 bits per heavy atom. The van der Waals surface area contributed by atoms with Crippen molar-refractivity contribution in [3.05, 3.63) is 35.9 Å². The van der Waals surface area contributed by atoms with Gasteiger partial charge in [-0.25, -0.2) is 0 Å². The van der Waals surface area contributed by atoms with Gasteiger partial charge in [0.25, 0.3) is 0 Å². The zero-order valence-corrected chi connectivity index (χ0v) is 12.5. The Hall–Kier alpha value is 0.0187. The molecule has 0 amide bonds. The topological polar surface area (TPSA) is 0 Å². The maximum atomic E-state index is 2.56. The summed E-state index contributed by atoms with van der Waals surface area (Å²) in [6.45, 7) is 2.45. The molecule has 2 rings (SSSR count). The van der Waals surface area contributed by atoms with Crippen molar-refractivity contribution in [1.29, 1.82) is 0 Å². The van der Waals surface area contributed by atoms with Crippen LogP contribution in [-0.4, -0.2) is 18.4 Å². The Morgan fingerprint density at radius 2 is 1.71 bits per heavy atom. The quantitative estimate of drug-likeness (QED) is 0.722. The van der Waals surface area contributed by atoms with Crippen LogP contribution in [-0.2, 0) is 5.41 Å². The Balaban J connectivity index is 2.23. The summed E-state index contributed by atoms with van der Waals surface area (Å²) in [5, 5.41) is 0. The molecular formula is C13H20Sn. The summed E-state index contributed by atoms with van der Waals surface area (Å²) in [5.74, 6) is 0. The van der Waals surface area contributed by atoms with Gasteiger partial charge in [0, 0.05) is 0 Å². The molecule has 0 radical (unpaired) electrons. The first-order valence-corrected chi connectivity index (χ1v) is 15.7. The van der Waals surface area contributed by atoms with Gasteiger partial charge in [0.15, 0.2) is 0 Å². The zero-order chi connectivity index (χ0) is 10.4. The van der Waals surface area contributed by atoms with Gasteiger partial charge in [-0.3, -0.25) is 0 Å². The van der Waals surface area contributed by atoms with E-state index >= 15 is 0 Å². The first-order valence-electron chi connectivity index (χ1n) is 5.50. The molecule has 0 bridgehead atoms. The molecule has 1 saturated carbocycles. The number of hydrogen-bond donors (Lipinski definition) is 0. The number of benzene rings is 1. The van der Waals surface area contributed by atoms with Crippen LogP contribution in [0.4, 0.5) is 0 Å². The second-order valence-electron chi connectivity index (χ2n) is 5.91. The SMILES string of the molecule is C[C@@]1(c2ccccc2)C[C@H]1[Sn]([CH3])([CH3])[CH3]. The van der Waals surface area contributed by atoms with Crippen LogP contribution in [0.1, 0.15) is 18.9 Å². The van der Waals surface area contributed by atoms with E-state index in [2.05, 4.69) is 52.1 Å². The third-order valence-electron chi connectivity index (χ3n) is 3.72. The summed E-state index contributed by atoms with van der Waals surface area (Å²) < 4.78 is 1.05. The molecular weight excluding hydrogens is 275 g/mol. The molecule has 1 heteroatoms. The Morgan fingerprint density at radius 1 is 1.14 bits per heavy atom. The van der Waals surface area contributed by atoms with E-state index in [-0.39, 0.29) is 0 Å². The number of hydrogen-bond acceptors (Lipinski definition) is 0. The fourth-order valence-corrected chi connectivity index (χ4v) is 11.7. The Bertz CT molecular complexity index is 323. The monoisotopic (exact) mass is 296 g/mol. The molecule has 0 heterocycles. The van der Waals surface area contributed by atoms with Gasteiger partial charge in [0.1, 0.15) is 0 Å². The van der Waals surface area contributed by atoms with Crippen LogP contribution in [0.2, 0.25) is 18.8 Å². The van der Waals surface area contributed by atoms with Crippen LogP contribution in [0.5, 0.6) is 0 Å². The minimum atomic E-state index is -1.65. The molecule has 1 aliphatic carbocycles. The third-order valence-corrected chi connectivity index (χ3v) is 12.1. The predicted molar refractivity (Wildman–Crippen MR) is 65.5 cm³/mol. The molecule has 0 aromatic heterocycles. The molecule has 0 spiro atoms. The zero-order valence-electron chi connectivity index (χ0n) is 9.67. The van der Waals surface area contributed by atoms with Gasteiger partial charge >= 0.3 is 91.8 Å². The van der Waals surface area contributed by atoms with E-state index < -0.39 is 18.4 Å². The normalized spacial score (nSPS) is 31.6. The molecule has 76 valence electrons. The molecule has 0 nitrogen and oxygen atoms in total. The third kappa shape index (κ3) is 1.73. The molecule has 1 aliphatic rings. The van der Waals surface area contributed by atoms with Crippen molar-refractivity contribution >= 4 is 18.4 Å². The van der Waals surface area contributed by atoms with Crippen LogP contribution >= 0.6 is 0 Å². The van der Waals surface area contributed by atoms with E-state index in [4.69, 9.17) is 0 Å². The van der Waals surface area contributed by atoms with Gasteiger partial charge < -0.3 is 0 Å². The summed E-state index contributed by atoms with van der Waals surface area (Å²) in [6.07, 6.45) is 1.44. The van der Waals surface area contributed by atoms with E-state index in [1.54, 1.807) is 5.56 Å². The average molecular weight is 295 g/mol. The molecule has 0 saturated heterocycles. The van der Waals surface area contributed by atoms with Crippen molar-refractivity contribution in [2.45, 2.75) is 37.5 Å². The van der Waals surface area contributed by atoms with Crippen LogP contribution in [0.25, 0.3) is 0 Å². The van der Waals surface area contributed by atoms with Crippen molar-refractivity contribution in [2.75, 3.05) is 0 Å². The fraction of sp³-hybridized carbons (Fsp3) is 0.538. The van der Waals surface area contributed by atoms with Crippen molar-refractivity contribution in [3.8, 4) is 0 Å². The summed E-state index contributed by atoms with van der Waals surface area (Å²) in [6, 6.07) is 11.1. The Labute approximate surface area is 91.6 Å². The maximum absolute atomic E-state index is 2.56. The molecule has 0 N–H and O–H groups in total. The van der Waals surface area contributed by atoms with Gasteiger partial charge in [0.05, 0.1) is 0 Å². The first-order chi connectivity index (χ1) is 6.44. The summed E-state index contributed by atoms with van der Waals surface area (Å²) >= 11 is -1.65. The van der Waals surface area contributed by atoms with Gasteiger partial charge in [-0.1, -0.05) is 0 Å². The van der Waals surface area contributed by atoms with Gasteiger partial charge in [0.2, 0.25) is 0 Å². The van der Waals surface area contributed by atoms with Crippen LogP contribution in [0, 0.1) is 0 Å². The van der Waals surface area contributed by atoms with Crippen LogP contribution < -0.4 is 0 Å². The first kappa shape index (κ1) is 10.5. The second kappa shape index (κ2) is 3.26. The van der Waals surface area contributed by atoms with Crippen molar-refractivity contribution in [3.63, 3.8) is 0 Å². The standard InChI is InChI=1S/C10H11.3CH3.Sn/c1-10(7-8-10)9-5-3-2-4-6-9;;;;/h2-7H,8H2,1H3;3*1H3;/t10-;;;;/m0..../s1. The van der Waals surface area contributed by atoms with E-state index in [1.807, 2.05) is 0 Å². The molecule has 0 aliphatic heterocycles. The van der Waals surface area contributed by atoms with E-state index in [0.717, 1.165) is 3.93 Å². The van der Waals surface area contributed by atoms with E-state index in [9.17, 15) is 0 Å². The molecule has 1 aromatic carbocycles. The van der Waals surface area contributed by atoms with E-state index in [1.165, 1.54) is 6.42 Å². The molecule has 14 heavy (non-hydrogen) atoms. The minimum absolute atomic E-state index is 0.537. The molecule has 2 atom stereocenters. The van der Waals surface area contributed by atoms with Gasteiger partial charge in [-0.15, -0.1) is 0 Å². The molecule has 1 aromatic rings. The van der Waals surface area contributed by atoms with E-state index in [0.29, 0.717) is 5.41 Å². The fourth-order valence-electron chi connectivity index (χ4n) is 2.76. The van der Waals surface area contributed by atoms with Gasteiger partial charge in [-0.2, -0.15) is 0 Å². The molecule has 0 unspecified atom stereocenters. The van der Waals surface area contributed by atoms with Crippen molar-refractivity contribution in [1.82, 2.24) is 0 Å². The predicted octanol–water partition coefficient (Wildman–Crippen LogP) is 4.06. The van der Waals surface area contributed by atoms with Crippen LogP contribution in [0.15, 0.2) is 30.3 Å². The van der Waals surface area contributed by atoms with Gasteiger partial charge in [-0.05, 0) is 0 Å². The summed E-state index contributed by atoms with van der Waals surface area (Å²) in [4.78, 5) is 7.69. The molecule has 1 fully saturated rings. The second-order valence-corrected chi connectivity index (χ2v) is 21.4. The number of rotatable bonds is 2. The summed E-state index contributed by atoms with van der Waals surface area (Å²) in [7, 11) is 0. The Kier molecular flexibility index (Phi) is 2.45. The average Bonchev–Trinajstić information content (AvgIpc) is 2.81. The van der Waals surface area contributed by atoms with Crippen molar-refractivity contribution < 1.29 is 0 Å². The van der Waals surface area contributed by atoms with Crippen molar-refractivity contribution in [2.24, 2.45) is 0 Å². The van der Waals surface area contributed by atoms with Crippen LogP contribution in [0.3, 0.4) is 0 Å². The summed E-state index contributed by atoms with van der Waals surface area (Å²) in [5.41, 5.74) is 2.10.